The van der Waals surface area contributed by atoms with Crippen LogP contribution < -0.4 is 10.7 Å². The molecule has 6 bridgehead atoms. The van der Waals surface area contributed by atoms with Crippen LogP contribution in [0.15, 0.2) is 48.8 Å². The Hall–Kier alpha value is -5.34. The molecule has 0 aliphatic carbocycles. The molecule has 3 N–H and O–H groups in total. The lowest BCUT2D eigenvalue weighted by atomic mass is 9.84. The van der Waals surface area contributed by atoms with Gasteiger partial charge in [0.2, 0.25) is 12.3 Å². The Kier molecular flexibility index (Phi) is 12.1. The second kappa shape index (κ2) is 16.8. The SMILES string of the molecule is CCn1c(-c2nccnc2COC)c2c3cc(ccc31)-c1cc(O)cc(c1)C[C@H](NC(=O)C(C(C)C)N(C)C=O)C(=O)N1CCC[C@H](N1)C(=O)OCC(C)(C)C2. The van der Waals surface area contributed by atoms with E-state index in [9.17, 15) is 24.3 Å². The summed E-state index contributed by atoms with van der Waals surface area (Å²) in [5.41, 5.74) is 9.02. The number of benzene rings is 2. The maximum atomic E-state index is 14.3. The number of likely N-dealkylation sites (N-methyl/N-ethyl adjacent to an activating group) is 1. The highest BCUT2D eigenvalue weighted by Gasteiger charge is 2.37. The Morgan fingerprint density at radius 2 is 1.93 bits per heavy atom. The number of aryl methyl sites for hydroxylation is 1. The van der Waals surface area contributed by atoms with Crippen LogP contribution in [-0.4, -0.2) is 99.2 Å². The van der Waals surface area contributed by atoms with Crippen LogP contribution in [0.25, 0.3) is 33.4 Å². The Labute approximate surface area is 327 Å². The third-order valence-electron chi connectivity index (χ3n) is 10.6. The van der Waals surface area contributed by atoms with E-state index in [1.807, 2.05) is 26.0 Å². The number of esters is 1. The topological polar surface area (TPSA) is 168 Å². The smallest absolute Gasteiger partial charge is 0.324 e. The fourth-order valence-electron chi connectivity index (χ4n) is 8.06. The lowest BCUT2D eigenvalue weighted by molar-refractivity contribution is -0.155. The number of rotatable bonds is 9. The van der Waals surface area contributed by atoms with Gasteiger partial charge in [-0.05, 0) is 78.6 Å². The van der Waals surface area contributed by atoms with Crippen molar-refractivity contribution in [3.8, 4) is 28.3 Å². The van der Waals surface area contributed by atoms with Gasteiger partial charge in [0, 0.05) is 62.4 Å². The number of ether oxygens (including phenoxy) is 2. The minimum atomic E-state index is -1.10. The highest BCUT2D eigenvalue weighted by Crippen LogP contribution is 2.40. The molecule has 298 valence electrons. The van der Waals surface area contributed by atoms with E-state index in [1.54, 1.807) is 31.6 Å². The van der Waals surface area contributed by atoms with E-state index in [4.69, 9.17) is 14.5 Å². The summed E-state index contributed by atoms with van der Waals surface area (Å²) < 4.78 is 13.8. The first kappa shape index (κ1) is 40.3. The maximum Gasteiger partial charge on any atom is 0.324 e. The summed E-state index contributed by atoms with van der Waals surface area (Å²) in [7, 11) is 3.15. The van der Waals surface area contributed by atoms with E-state index in [0.717, 1.165) is 33.3 Å². The highest BCUT2D eigenvalue weighted by molar-refractivity contribution is 5.95. The van der Waals surface area contributed by atoms with Crippen molar-refractivity contribution in [3.05, 3.63) is 65.6 Å². The van der Waals surface area contributed by atoms with Crippen LogP contribution in [0, 0.1) is 11.3 Å². The molecule has 56 heavy (non-hydrogen) atoms. The van der Waals surface area contributed by atoms with Crippen molar-refractivity contribution < 1.29 is 33.8 Å². The number of aromatic nitrogens is 3. The zero-order valence-electron chi connectivity index (χ0n) is 33.3. The summed E-state index contributed by atoms with van der Waals surface area (Å²) in [6.45, 7) is 11.2. The van der Waals surface area contributed by atoms with E-state index < -0.39 is 41.3 Å². The first-order valence-corrected chi connectivity index (χ1v) is 19.2. The van der Waals surface area contributed by atoms with Crippen molar-refractivity contribution in [2.45, 2.75) is 91.6 Å². The first-order valence-electron chi connectivity index (χ1n) is 19.2. The number of hydrazine groups is 1. The molecule has 1 saturated heterocycles. The number of nitrogens with one attached hydrogen (secondary N) is 2. The molecular formula is C42H53N7O7. The van der Waals surface area contributed by atoms with Crippen LogP contribution in [-0.2, 0) is 54.6 Å². The minimum absolute atomic E-state index is 0.00104. The van der Waals surface area contributed by atoms with Crippen LogP contribution in [0.3, 0.4) is 0 Å². The predicted octanol–water partition coefficient (Wildman–Crippen LogP) is 4.40. The van der Waals surface area contributed by atoms with Gasteiger partial charge in [0.05, 0.1) is 24.6 Å². The van der Waals surface area contributed by atoms with Gasteiger partial charge < -0.3 is 29.4 Å². The Morgan fingerprint density at radius 1 is 1.16 bits per heavy atom. The number of hydrogen-bond donors (Lipinski definition) is 3. The van der Waals surface area contributed by atoms with Gasteiger partial charge in [0.1, 0.15) is 29.6 Å². The fraction of sp³-hybridized carbons (Fsp3) is 0.476. The molecule has 2 aliphatic heterocycles. The summed E-state index contributed by atoms with van der Waals surface area (Å²) in [5, 5.41) is 16.4. The normalized spacial score (nSPS) is 19.3. The number of hydrogen-bond acceptors (Lipinski definition) is 10. The summed E-state index contributed by atoms with van der Waals surface area (Å²) in [4.78, 5) is 64.3. The number of carbonyl (C=O) groups is 4. The molecule has 3 amide bonds. The molecule has 2 aliphatic rings. The lowest BCUT2D eigenvalue weighted by Gasteiger charge is -2.36. The van der Waals surface area contributed by atoms with Gasteiger partial charge in [-0.2, -0.15) is 0 Å². The van der Waals surface area contributed by atoms with E-state index in [-0.39, 0.29) is 31.3 Å². The summed E-state index contributed by atoms with van der Waals surface area (Å²) in [6, 6.07) is 8.63. The molecule has 1 unspecified atom stereocenters. The summed E-state index contributed by atoms with van der Waals surface area (Å²) >= 11 is 0. The molecular weight excluding hydrogens is 715 g/mol. The Morgan fingerprint density at radius 3 is 2.64 bits per heavy atom. The third-order valence-corrected chi connectivity index (χ3v) is 10.6. The van der Waals surface area contributed by atoms with Crippen LogP contribution >= 0.6 is 0 Å². The van der Waals surface area contributed by atoms with E-state index in [2.05, 4.69) is 53.2 Å². The number of nitrogens with zero attached hydrogens (tertiary/aromatic N) is 5. The number of carbonyl (C=O) groups excluding carboxylic acids is 4. The molecule has 1 fully saturated rings. The van der Waals surface area contributed by atoms with Crippen molar-refractivity contribution in [1.82, 2.24) is 35.2 Å². The monoisotopic (exact) mass is 767 g/mol. The van der Waals surface area contributed by atoms with Crippen molar-refractivity contribution in [3.63, 3.8) is 0 Å². The highest BCUT2D eigenvalue weighted by atomic mass is 16.5. The van der Waals surface area contributed by atoms with Crippen molar-refractivity contribution >= 4 is 35.1 Å². The Bertz CT molecular complexity index is 2110. The standard InChI is InChI=1S/C42H53N7O7/c1-8-48-35-12-11-27-20-30(35)31(38(48)36-34(22-55-7)43-13-14-44-36)21-42(4,5)23-56-41(54)32-10-9-15-49(46-32)40(53)33(18-26-16-28(27)19-29(51)17-26)45-39(52)37(25(2)3)47(6)24-50/h11-14,16-17,19-20,24-25,32-33,37,46,51H,8-10,15,18,21-23H2,1-7H3,(H,45,52)/t32-,33-,37?/m0/s1. The maximum absolute atomic E-state index is 14.3. The second-order valence-corrected chi connectivity index (χ2v) is 16.0. The number of amides is 3. The van der Waals surface area contributed by atoms with E-state index >= 15 is 0 Å². The zero-order chi connectivity index (χ0) is 40.3. The van der Waals surface area contributed by atoms with Crippen LogP contribution in [0.2, 0.25) is 0 Å². The molecule has 0 spiro atoms. The molecule has 2 aromatic carbocycles. The van der Waals surface area contributed by atoms with Gasteiger partial charge >= 0.3 is 5.97 Å². The number of phenols is 1. The second-order valence-electron chi connectivity index (χ2n) is 16.0. The molecule has 4 aromatic rings. The predicted molar refractivity (Wildman–Crippen MR) is 211 cm³/mol. The molecule has 4 heterocycles. The molecule has 6 rings (SSSR count). The zero-order valence-corrected chi connectivity index (χ0v) is 33.3. The van der Waals surface area contributed by atoms with Gasteiger partial charge in [0.15, 0.2) is 0 Å². The van der Waals surface area contributed by atoms with Gasteiger partial charge in [-0.1, -0.05) is 39.8 Å². The van der Waals surface area contributed by atoms with Gasteiger partial charge in [-0.25, -0.2) is 5.43 Å². The average Bonchev–Trinajstić information content (AvgIpc) is 3.47. The third kappa shape index (κ3) is 8.41. The largest absolute Gasteiger partial charge is 0.508 e. The van der Waals surface area contributed by atoms with Crippen LogP contribution in [0.5, 0.6) is 5.75 Å². The average molecular weight is 768 g/mol. The summed E-state index contributed by atoms with van der Waals surface area (Å²) in [5.74, 6) is -1.66. The van der Waals surface area contributed by atoms with E-state index in [1.165, 1.54) is 17.0 Å². The quantitative estimate of drug-likeness (QED) is 0.164. The van der Waals surface area contributed by atoms with Gasteiger partial charge in [0.25, 0.3) is 5.91 Å². The number of cyclic esters (lactones) is 1. The fourth-order valence-corrected chi connectivity index (χ4v) is 8.06. The first-order chi connectivity index (χ1) is 26.7. The van der Waals surface area contributed by atoms with Crippen molar-refractivity contribution in [1.29, 1.82) is 0 Å². The van der Waals surface area contributed by atoms with Crippen molar-refractivity contribution in [2.24, 2.45) is 11.3 Å². The van der Waals surface area contributed by atoms with E-state index in [0.29, 0.717) is 55.7 Å². The molecule has 0 radical (unpaired) electrons. The number of fused-ring (bicyclic) bond motifs is 6. The number of methoxy groups -OCH3 is 1. The molecule has 0 saturated carbocycles. The molecule has 3 atom stereocenters. The van der Waals surface area contributed by atoms with Gasteiger partial charge in [-0.15, -0.1) is 0 Å². The number of aromatic hydroxyl groups is 1. The molecule has 14 heteroatoms. The van der Waals surface area contributed by atoms with Crippen molar-refractivity contribution in [2.75, 3.05) is 27.3 Å². The number of phenolic OH excluding ortho intramolecular Hbond substituents is 1. The lowest BCUT2D eigenvalue weighted by Crippen LogP contribution is -2.61. The minimum Gasteiger partial charge on any atom is -0.508 e. The van der Waals surface area contributed by atoms with Crippen LogP contribution in [0.1, 0.15) is 64.3 Å². The van der Waals surface area contributed by atoms with Crippen LogP contribution in [0.4, 0.5) is 0 Å². The molecule has 14 nitrogen and oxygen atoms in total. The summed E-state index contributed by atoms with van der Waals surface area (Å²) in [6.07, 6.45) is 5.47. The molecule has 2 aromatic heterocycles. The van der Waals surface area contributed by atoms with Gasteiger partial charge in [-0.3, -0.25) is 34.2 Å². The Balaban J connectivity index is 1.53.